The quantitative estimate of drug-likeness (QED) is 0.774. The number of morpholine rings is 1. The van der Waals surface area contributed by atoms with Crippen LogP contribution in [0.2, 0.25) is 0 Å². The maximum absolute atomic E-state index is 13.2. The Morgan fingerprint density at radius 1 is 1.08 bits per heavy atom. The number of para-hydroxylation sites is 1. The topological polar surface area (TPSA) is 62.4 Å². The molecule has 2 aromatic carbocycles. The van der Waals surface area contributed by atoms with Crippen molar-refractivity contribution in [2.24, 2.45) is 0 Å². The average Bonchev–Trinajstić information content (AvgIpc) is 2.67. The third kappa shape index (κ3) is 3.13. The largest absolute Gasteiger partial charge is 0.367 e. The van der Waals surface area contributed by atoms with Gasteiger partial charge in [0, 0.05) is 23.5 Å². The smallest absolute Gasteiger partial charge is 0.254 e. The molecule has 4 rings (SSSR count). The highest BCUT2D eigenvalue weighted by Gasteiger charge is 2.30. The molecule has 1 aliphatic rings. The van der Waals surface area contributed by atoms with E-state index >= 15 is 0 Å². The molecule has 0 saturated carbocycles. The van der Waals surface area contributed by atoms with Gasteiger partial charge in [-0.2, -0.15) is 0 Å². The van der Waals surface area contributed by atoms with Crippen molar-refractivity contribution in [3.05, 3.63) is 82.1 Å². The van der Waals surface area contributed by atoms with Gasteiger partial charge in [0.2, 0.25) is 5.56 Å². The molecular formula is C21H20N2O3. The lowest BCUT2D eigenvalue weighted by molar-refractivity contribution is -0.0691. The van der Waals surface area contributed by atoms with Gasteiger partial charge in [0.1, 0.15) is 6.10 Å². The van der Waals surface area contributed by atoms with Crippen molar-refractivity contribution in [1.82, 2.24) is 9.88 Å². The summed E-state index contributed by atoms with van der Waals surface area (Å²) in [5.41, 5.74) is 1.88. The molecule has 0 bridgehead atoms. The number of amides is 1. The minimum Gasteiger partial charge on any atom is -0.367 e. The SMILES string of the molecule is C[C@@H]1CN(C(=O)c2cc(=O)[nH]c3ccccc23)C[C@H](c2ccccc2)O1. The minimum atomic E-state index is -0.270. The van der Waals surface area contributed by atoms with Gasteiger partial charge in [0.25, 0.3) is 5.91 Å². The number of carbonyl (C=O) groups excluding carboxylic acids is 1. The predicted octanol–water partition coefficient (Wildman–Crippen LogP) is 3.13. The Balaban J connectivity index is 1.69. The molecule has 1 amide bonds. The van der Waals surface area contributed by atoms with Crippen LogP contribution in [0.4, 0.5) is 0 Å². The summed E-state index contributed by atoms with van der Waals surface area (Å²) in [5.74, 6) is -0.136. The van der Waals surface area contributed by atoms with Gasteiger partial charge in [-0.25, -0.2) is 0 Å². The number of aromatic nitrogens is 1. The summed E-state index contributed by atoms with van der Waals surface area (Å²) in [6.45, 7) is 2.93. The van der Waals surface area contributed by atoms with Crippen molar-refractivity contribution in [3.63, 3.8) is 0 Å². The zero-order valence-electron chi connectivity index (χ0n) is 14.5. The van der Waals surface area contributed by atoms with Gasteiger partial charge in [-0.3, -0.25) is 9.59 Å². The predicted molar refractivity (Wildman–Crippen MR) is 100 cm³/mol. The Hall–Kier alpha value is -2.92. The van der Waals surface area contributed by atoms with Gasteiger partial charge in [-0.15, -0.1) is 0 Å². The number of ether oxygens (including phenoxy) is 1. The fourth-order valence-corrected chi connectivity index (χ4v) is 3.52. The van der Waals surface area contributed by atoms with E-state index in [0.717, 1.165) is 10.9 Å². The highest BCUT2D eigenvalue weighted by atomic mass is 16.5. The maximum atomic E-state index is 13.2. The lowest BCUT2D eigenvalue weighted by Gasteiger charge is -2.37. The normalized spacial score (nSPS) is 20.3. The molecule has 0 aliphatic carbocycles. The fourth-order valence-electron chi connectivity index (χ4n) is 3.52. The lowest BCUT2D eigenvalue weighted by atomic mass is 10.0. The van der Waals surface area contributed by atoms with Gasteiger partial charge in [-0.1, -0.05) is 48.5 Å². The minimum absolute atomic E-state index is 0.0776. The van der Waals surface area contributed by atoms with Crippen LogP contribution in [0.5, 0.6) is 0 Å². The van der Waals surface area contributed by atoms with Crippen molar-refractivity contribution < 1.29 is 9.53 Å². The standard InChI is InChI=1S/C21H20N2O3/c1-14-12-23(13-19(26-14)15-7-3-2-4-8-15)21(25)17-11-20(24)22-18-10-6-5-9-16(17)18/h2-11,14,19H,12-13H2,1H3,(H,22,24)/t14-,19-/m1/s1. The Morgan fingerprint density at radius 3 is 2.62 bits per heavy atom. The van der Waals surface area contributed by atoms with Gasteiger partial charge in [0.15, 0.2) is 0 Å². The van der Waals surface area contributed by atoms with E-state index in [1.807, 2.05) is 61.5 Å². The number of aromatic amines is 1. The van der Waals surface area contributed by atoms with Crippen LogP contribution in [0.15, 0.2) is 65.5 Å². The van der Waals surface area contributed by atoms with Crippen LogP contribution in [0.3, 0.4) is 0 Å². The van der Waals surface area contributed by atoms with Crippen LogP contribution in [0, 0.1) is 0 Å². The van der Waals surface area contributed by atoms with Crippen LogP contribution in [0.25, 0.3) is 10.9 Å². The van der Waals surface area contributed by atoms with Gasteiger partial charge in [-0.05, 0) is 18.6 Å². The Bertz CT molecular complexity index is 997. The second-order valence-electron chi connectivity index (χ2n) is 6.65. The highest BCUT2D eigenvalue weighted by molar-refractivity contribution is 6.06. The van der Waals surface area contributed by atoms with Gasteiger partial charge < -0.3 is 14.6 Å². The molecule has 0 unspecified atom stereocenters. The molecule has 1 N–H and O–H groups in total. The summed E-state index contributed by atoms with van der Waals surface area (Å²) in [4.78, 5) is 29.8. The van der Waals surface area contributed by atoms with Crippen LogP contribution >= 0.6 is 0 Å². The van der Waals surface area contributed by atoms with Crippen molar-refractivity contribution in [2.45, 2.75) is 19.1 Å². The number of carbonyl (C=O) groups is 1. The summed E-state index contributed by atoms with van der Waals surface area (Å²) in [5, 5.41) is 0.757. The molecule has 1 saturated heterocycles. The third-order valence-electron chi connectivity index (χ3n) is 4.70. The van der Waals surface area contributed by atoms with Crippen LogP contribution < -0.4 is 5.56 Å². The number of H-pyrrole nitrogens is 1. The Kier molecular flexibility index (Phi) is 4.31. The highest BCUT2D eigenvalue weighted by Crippen LogP contribution is 2.27. The van der Waals surface area contributed by atoms with E-state index in [1.165, 1.54) is 6.07 Å². The van der Waals surface area contributed by atoms with Crippen molar-refractivity contribution >= 4 is 16.8 Å². The van der Waals surface area contributed by atoms with E-state index in [9.17, 15) is 9.59 Å². The monoisotopic (exact) mass is 348 g/mol. The molecule has 26 heavy (non-hydrogen) atoms. The first-order chi connectivity index (χ1) is 12.6. The van der Waals surface area contributed by atoms with E-state index < -0.39 is 0 Å². The molecule has 3 aromatic rings. The molecule has 132 valence electrons. The third-order valence-corrected chi connectivity index (χ3v) is 4.70. The van der Waals surface area contributed by atoms with Crippen molar-refractivity contribution in [3.8, 4) is 0 Å². The second kappa shape index (κ2) is 6.77. The van der Waals surface area contributed by atoms with Crippen LogP contribution in [-0.4, -0.2) is 35.0 Å². The number of benzene rings is 2. The molecule has 1 fully saturated rings. The average molecular weight is 348 g/mol. The molecule has 5 heteroatoms. The molecular weight excluding hydrogens is 328 g/mol. The van der Waals surface area contributed by atoms with Gasteiger partial charge >= 0.3 is 0 Å². The molecule has 1 aliphatic heterocycles. The number of fused-ring (bicyclic) bond motifs is 1. The first kappa shape index (κ1) is 16.5. The number of pyridine rings is 1. The van der Waals surface area contributed by atoms with E-state index in [-0.39, 0.29) is 23.7 Å². The summed E-state index contributed by atoms with van der Waals surface area (Å²) in [6, 6.07) is 18.7. The Labute approximate surface area is 151 Å². The summed E-state index contributed by atoms with van der Waals surface area (Å²) < 4.78 is 6.04. The van der Waals surface area contributed by atoms with Crippen LogP contribution in [-0.2, 0) is 4.74 Å². The number of hydrogen-bond acceptors (Lipinski definition) is 3. The van der Waals surface area contributed by atoms with E-state index in [2.05, 4.69) is 4.98 Å². The molecule has 5 nitrogen and oxygen atoms in total. The molecule has 2 atom stereocenters. The van der Waals surface area contributed by atoms with Gasteiger partial charge in [0.05, 0.1) is 18.2 Å². The number of nitrogens with zero attached hydrogens (tertiary/aromatic N) is 1. The fraction of sp³-hybridized carbons (Fsp3) is 0.238. The summed E-state index contributed by atoms with van der Waals surface area (Å²) in [7, 11) is 0. The summed E-state index contributed by atoms with van der Waals surface area (Å²) >= 11 is 0. The first-order valence-electron chi connectivity index (χ1n) is 8.73. The maximum Gasteiger partial charge on any atom is 0.254 e. The molecule has 0 radical (unpaired) electrons. The Morgan fingerprint density at radius 2 is 1.81 bits per heavy atom. The molecule has 1 aromatic heterocycles. The first-order valence-corrected chi connectivity index (χ1v) is 8.73. The zero-order valence-corrected chi connectivity index (χ0v) is 14.5. The molecule has 0 spiro atoms. The van der Waals surface area contributed by atoms with E-state index in [1.54, 1.807) is 4.90 Å². The molecule has 2 heterocycles. The lowest BCUT2D eigenvalue weighted by Crippen LogP contribution is -2.46. The van der Waals surface area contributed by atoms with Crippen molar-refractivity contribution in [1.29, 1.82) is 0 Å². The van der Waals surface area contributed by atoms with Crippen LogP contribution in [0.1, 0.15) is 28.9 Å². The van der Waals surface area contributed by atoms with E-state index in [4.69, 9.17) is 4.74 Å². The number of nitrogens with one attached hydrogen (secondary N) is 1. The zero-order chi connectivity index (χ0) is 18.1. The number of hydrogen-bond donors (Lipinski definition) is 1. The van der Waals surface area contributed by atoms with E-state index in [0.29, 0.717) is 24.2 Å². The van der Waals surface area contributed by atoms with Crippen molar-refractivity contribution in [2.75, 3.05) is 13.1 Å². The summed E-state index contributed by atoms with van der Waals surface area (Å²) in [6.07, 6.45) is -0.247. The number of rotatable bonds is 2. The second-order valence-corrected chi connectivity index (χ2v) is 6.65.